The Labute approximate surface area is 130 Å². The number of hydrogen-bond acceptors (Lipinski definition) is 3. The number of carboxylic acids is 1. The SMILES string of the molecule is Cc1cc(CNCc2ccc(C(=O)O)cc2Br)sc1C. The number of aromatic carboxylic acids is 1. The lowest BCUT2D eigenvalue weighted by molar-refractivity contribution is 0.0697. The molecular weight excluding hydrogens is 338 g/mol. The first-order chi connectivity index (χ1) is 9.47. The zero-order valence-corrected chi connectivity index (χ0v) is 13.8. The predicted octanol–water partition coefficient (Wildman–Crippen LogP) is 4.12. The van der Waals surface area contributed by atoms with E-state index in [-0.39, 0.29) is 0 Å². The fourth-order valence-corrected chi connectivity index (χ4v) is 3.42. The average molecular weight is 354 g/mol. The molecule has 5 heteroatoms. The van der Waals surface area contributed by atoms with Crippen LogP contribution in [0.5, 0.6) is 0 Å². The number of aryl methyl sites for hydroxylation is 2. The number of thiophene rings is 1. The van der Waals surface area contributed by atoms with Gasteiger partial charge in [-0.2, -0.15) is 0 Å². The highest BCUT2D eigenvalue weighted by Gasteiger charge is 2.07. The van der Waals surface area contributed by atoms with Crippen molar-refractivity contribution in [2.75, 3.05) is 0 Å². The van der Waals surface area contributed by atoms with E-state index in [0.29, 0.717) is 12.1 Å². The van der Waals surface area contributed by atoms with Gasteiger partial charge < -0.3 is 10.4 Å². The van der Waals surface area contributed by atoms with E-state index in [2.05, 4.69) is 41.2 Å². The van der Waals surface area contributed by atoms with Crippen LogP contribution in [0, 0.1) is 13.8 Å². The van der Waals surface area contributed by atoms with Crippen LogP contribution >= 0.6 is 27.3 Å². The van der Waals surface area contributed by atoms with Crippen molar-refractivity contribution >= 4 is 33.2 Å². The molecule has 2 N–H and O–H groups in total. The Morgan fingerprint density at radius 2 is 2.05 bits per heavy atom. The first-order valence-corrected chi connectivity index (χ1v) is 7.86. The number of hydrogen-bond donors (Lipinski definition) is 2. The van der Waals surface area contributed by atoms with Gasteiger partial charge in [0, 0.05) is 27.3 Å². The molecule has 1 aromatic heterocycles. The molecule has 0 spiro atoms. The van der Waals surface area contributed by atoms with Crippen LogP contribution in [0.1, 0.15) is 31.2 Å². The Morgan fingerprint density at radius 3 is 2.60 bits per heavy atom. The van der Waals surface area contributed by atoms with Gasteiger partial charge in [0.15, 0.2) is 0 Å². The molecular formula is C15H16BrNO2S. The zero-order chi connectivity index (χ0) is 14.7. The van der Waals surface area contributed by atoms with Crippen LogP contribution in [-0.4, -0.2) is 11.1 Å². The van der Waals surface area contributed by atoms with E-state index in [9.17, 15) is 4.79 Å². The van der Waals surface area contributed by atoms with Crippen LogP contribution in [0.3, 0.4) is 0 Å². The Balaban J connectivity index is 1.95. The molecule has 0 unspecified atom stereocenters. The quantitative estimate of drug-likeness (QED) is 0.849. The summed E-state index contributed by atoms with van der Waals surface area (Å²) < 4.78 is 0.823. The molecule has 0 aliphatic carbocycles. The van der Waals surface area contributed by atoms with Crippen molar-refractivity contribution in [1.82, 2.24) is 5.32 Å². The lowest BCUT2D eigenvalue weighted by Crippen LogP contribution is -2.12. The smallest absolute Gasteiger partial charge is 0.335 e. The van der Waals surface area contributed by atoms with Gasteiger partial charge in [-0.25, -0.2) is 4.79 Å². The second-order valence-electron chi connectivity index (χ2n) is 4.67. The number of benzene rings is 1. The van der Waals surface area contributed by atoms with E-state index in [0.717, 1.165) is 16.6 Å². The summed E-state index contributed by atoms with van der Waals surface area (Å²) in [5.41, 5.74) is 2.68. The zero-order valence-electron chi connectivity index (χ0n) is 11.4. The topological polar surface area (TPSA) is 49.3 Å². The van der Waals surface area contributed by atoms with Crippen LogP contribution in [0.4, 0.5) is 0 Å². The molecule has 20 heavy (non-hydrogen) atoms. The van der Waals surface area contributed by atoms with Gasteiger partial charge in [-0.3, -0.25) is 0 Å². The number of carbonyl (C=O) groups is 1. The molecule has 2 aromatic rings. The standard InChI is InChI=1S/C15H16BrNO2S/c1-9-5-13(20-10(9)2)8-17-7-12-4-3-11(15(18)19)6-14(12)16/h3-6,17H,7-8H2,1-2H3,(H,18,19). The Hall–Kier alpha value is -1.17. The maximum Gasteiger partial charge on any atom is 0.335 e. The van der Waals surface area contributed by atoms with E-state index in [1.807, 2.05) is 17.4 Å². The molecule has 0 bridgehead atoms. The largest absolute Gasteiger partial charge is 0.478 e. The van der Waals surface area contributed by atoms with Gasteiger partial charge in [0.05, 0.1) is 5.56 Å². The summed E-state index contributed by atoms with van der Waals surface area (Å²) in [6, 6.07) is 7.31. The highest BCUT2D eigenvalue weighted by Crippen LogP contribution is 2.21. The summed E-state index contributed by atoms with van der Waals surface area (Å²) in [7, 11) is 0. The third-order valence-corrected chi connectivity index (χ3v) is 5.02. The number of rotatable bonds is 5. The summed E-state index contributed by atoms with van der Waals surface area (Å²) in [5.74, 6) is -0.908. The minimum Gasteiger partial charge on any atom is -0.478 e. The van der Waals surface area contributed by atoms with Gasteiger partial charge in [0.1, 0.15) is 0 Å². The van der Waals surface area contributed by atoms with E-state index in [1.165, 1.54) is 15.3 Å². The Kier molecular flexibility index (Phi) is 4.96. The van der Waals surface area contributed by atoms with Gasteiger partial charge in [0.25, 0.3) is 0 Å². The van der Waals surface area contributed by atoms with E-state index in [4.69, 9.17) is 5.11 Å². The molecule has 0 saturated heterocycles. The van der Waals surface area contributed by atoms with Crippen molar-refractivity contribution < 1.29 is 9.90 Å². The van der Waals surface area contributed by atoms with Crippen LogP contribution < -0.4 is 5.32 Å². The normalized spacial score (nSPS) is 10.8. The Bertz CT molecular complexity index is 617. The second-order valence-corrected chi connectivity index (χ2v) is 6.86. The second kappa shape index (κ2) is 6.52. The maximum atomic E-state index is 10.9. The maximum absolute atomic E-state index is 10.9. The van der Waals surface area contributed by atoms with Crippen molar-refractivity contribution in [1.29, 1.82) is 0 Å². The van der Waals surface area contributed by atoms with Crippen LogP contribution in [0.2, 0.25) is 0 Å². The molecule has 0 amide bonds. The summed E-state index contributed by atoms with van der Waals surface area (Å²) >= 11 is 5.22. The molecule has 106 valence electrons. The molecule has 1 aromatic carbocycles. The summed E-state index contributed by atoms with van der Waals surface area (Å²) in [4.78, 5) is 13.5. The Morgan fingerprint density at radius 1 is 1.30 bits per heavy atom. The predicted molar refractivity (Wildman–Crippen MR) is 85.4 cm³/mol. The van der Waals surface area contributed by atoms with Gasteiger partial charge in [-0.05, 0) is 43.2 Å². The fourth-order valence-electron chi connectivity index (χ4n) is 1.88. The van der Waals surface area contributed by atoms with Crippen molar-refractivity contribution in [3.63, 3.8) is 0 Å². The van der Waals surface area contributed by atoms with E-state index in [1.54, 1.807) is 12.1 Å². The molecule has 0 radical (unpaired) electrons. The third-order valence-electron chi connectivity index (χ3n) is 3.13. The molecule has 0 aliphatic heterocycles. The molecule has 3 nitrogen and oxygen atoms in total. The summed E-state index contributed by atoms with van der Waals surface area (Å²) in [6.45, 7) is 5.78. The van der Waals surface area contributed by atoms with Crippen molar-refractivity contribution in [3.8, 4) is 0 Å². The first kappa shape index (κ1) is 15.2. The van der Waals surface area contributed by atoms with E-state index < -0.39 is 5.97 Å². The first-order valence-electron chi connectivity index (χ1n) is 6.25. The van der Waals surface area contributed by atoms with Crippen LogP contribution in [0.25, 0.3) is 0 Å². The number of halogens is 1. The molecule has 0 fully saturated rings. The lowest BCUT2D eigenvalue weighted by atomic mass is 10.1. The van der Waals surface area contributed by atoms with Gasteiger partial charge >= 0.3 is 5.97 Å². The summed E-state index contributed by atoms with van der Waals surface area (Å²) in [5, 5.41) is 12.3. The summed E-state index contributed by atoms with van der Waals surface area (Å²) in [6.07, 6.45) is 0. The van der Waals surface area contributed by atoms with Crippen molar-refractivity contribution in [2.45, 2.75) is 26.9 Å². The molecule has 0 atom stereocenters. The molecule has 2 rings (SSSR count). The van der Waals surface area contributed by atoms with Gasteiger partial charge in [-0.1, -0.05) is 22.0 Å². The van der Waals surface area contributed by atoms with E-state index >= 15 is 0 Å². The molecule has 0 saturated carbocycles. The van der Waals surface area contributed by atoms with Crippen LogP contribution in [-0.2, 0) is 13.1 Å². The van der Waals surface area contributed by atoms with Crippen molar-refractivity contribution in [3.05, 3.63) is 55.2 Å². The van der Waals surface area contributed by atoms with Gasteiger partial charge in [-0.15, -0.1) is 11.3 Å². The fraction of sp³-hybridized carbons (Fsp3) is 0.267. The number of nitrogens with one attached hydrogen (secondary N) is 1. The minimum atomic E-state index is -0.908. The third kappa shape index (κ3) is 3.69. The lowest BCUT2D eigenvalue weighted by Gasteiger charge is -2.07. The molecule has 1 heterocycles. The highest BCUT2D eigenvalue weighted by molar-refractivity contribution is 9.10. The van der Waals surface area contributed by atoms with Gasteiger partial charge in [0.2, 0.25) is 0 Å². The van der Waals surface area contributed by atoms with Crippen molar-refractivity contribution in [2.24, 2.45) is 0 Å². The molecule has 0 aliphatic rings. The highest BCUT2D eigenvalue weighted by atomic mass is 79.9. The average Bonchev–Trinajstić information content (AvgIpc) is 2.70. The monoisotopic (exact) mass is 353 g/mol. The minimum absolute atomic E-state index is 0.296. The van der Waals surface area contributed by atoms with Crippen LogP contribution in [0.15, 0.2) is 28.7 Å². The number of carboxylic acid groups (broad SMARTS) is 1.